The van der Waals surface area contributed by atoms with Crippen molar-refractivity contribution < 1.29 is 19.2 Å². The van der Waals surface area contributed by atoms with Crippen LogP contribution in [0.1, 0.15) is 63.7 Å². The third-order valence-electron chi connectivity index (χ3n) is 5.92. The van der Waals surface area contributed by atoms with E-state index in [-0.39, 0.29) is 44.8 Å². The lowest BCUT2D eigenvalue weighted by atomic mass is 9.76. The lowest BCUT2D eigenvalue weighted by Gasteiger charge is -2.24. The second-order valence-electron chi connectivity index (χ2n) is 7.96. The number of nitrogens with two attached hydrogens (primary N) is 2. The van der Waals surface area contributed by atoms with Gasteiger partial charge in [-0.2, -0.15) is 0 Å². The van der Waals surface area contributed by atoms with E-state index in [1.807, 2.05) is 0 Å². The molecule has 0 aromatic heterocycles. The van der Waals surface area contributed by atoms with Crippen molar-refractivity contribution in [3.8, 4) is 0 Å². The Kier molecular flexibility index (Phi) is 4.91. The molecule has 0 saturated carbocycles. The molecule has 0 spiro atoms. The molecular formula is C28H18N2O4. The van der Waals surface area contributed by atoms with Gasteiger partial charge in [0.25, 0.3) is 0 Å². The Hall–Kier alpha value is -4.84. The van der Waals surface area contributed by atoms with E-state index in [1.165, 1.54) is 18.2 Å². The number of carbonyl (C=O) groups is 4. The maximum Gasteiger partial charge on any atom is 0.197 e. The number of benzene rings is 4. The number of fused-ring (bicyclic) bond motifs is 2. The maximum absolute atomic E-state index is 13.7. The summed E-state index contributed by atoms with van der Waals surface area (Å²) in [4.78, 5) is 54.3. The normalized spacial score (nSPS) is 12.1. The van der Waals surface area contributed by atoms with Crippen molar-refractivity contribution in [2.75, 3.05) is 11.5 Å². The Morgan fingerprint density at radius 1 is 0.559 bits per heavy atom. The molecule has 0 amide bonds. The summed E-state index contributed by atoms with van der Waals surface area (Å²) in [5, 5.41) is 0. The molecule has 0 unspecified atom stereocenters. The second kappa shape index (κ2) is 7.94. The third kappa shape index (κ3) is 3.12. The highest BCUT2D eigenvalue weighted by Crippen LogP contribution is 2.38. The van der Waals surface area contributed by atoms with Crippen molar-refractivity contribution >= 4 is 34.5 Å². The number of rotatable bonds is 4. The Bertz CT molecular complexity index is 1520. The molecular weight excluding hydrogens is 428 g/mol. The summed E-state index contributed by atoms with van der Waals surface area (Å²) in [5.74, 6) is -2.17. The van der Waals surface area contributed by atoms with Gasteiger partial charge in [-0.25, -0.2) is 0 Å². The van der Waals surface area contributed by atoms with Gasteiger partial charge in [0, 0.05) is 44.8 Å². The summed E-state index contributed by atoms with van der Waals surface area (Å²) in [7, 11) is 0. The smallest absolute Gasteiger partial charge is 0.197 e. The fourth-order valence-corrected chi connectivity index (χ4v) is 4.34. The first-order chi connectivity index (χ1) is 16.4. The van der Waals surface area contributed by atoms with Crippen molar-refractivity contribution in [2.24, 2.45) is 0 Å². The Morgan fingerprint density at radius 3 is 1.76 bits per heavy atom. The first kappa shape index (κ1) is 21.0. The highest BCUT2D eigenvalue weighted by Gasteiger charge is 2.39. The van der Waals surface area contributed by atoms with E-state index >= 15 is 0 Å². The van der Waals surface area contributed by atoms with E-state index in [4.69, 9.17) is 11.5 Å². The lowest BCUT2D eigenvalue weighted by molar-refractivity contribution is 0.0964. The first-order valence-electron chi connectivity index (χ1n) is 10.5. The Morgan fingerprint density at radius 2 is 1.15 bits per heavy atom. The van der Waals surface area contributed by atoms with E-state index < -0.39 is 23.1 Å². The molecule has 34 heavy (non-hydrogen) atoms. The number of ketones is 4. The van der Waals surface area contributed by atoms with Crippen LogP contribution in [-0.4, -0.2) is 23.1 Å². The minimum absolute atomic E-state index is 0.0185. The summed E-state index contributed by atoms with van der Waals surface area (Å²) in [6.45, 7) is 0. The predicted octanol–water partition coefficient (Wildman–Crippen LogP) is 4.09. The summed E-state index contributed by atoms with van der Waals surface area (Å²) >= 11 is 0. The number of hydrogen-bond acceptors (Lipinski definition) is 6. The summed E-state index contributed by atoms with van der Waals surface area (Å²) in [6, 6.07) is 22.5. The fourth-order valence-electron chi connectivity index (χ4n) is 4.34. The molecule has 0 saturated heterocycles. The molecule has 0 aliphatic heterocycles. The van der Waals surface area contributed by atoms with E-state index in [1.54, 1.807) is 66.7 Å². The van der Waals surface area contributed by atoms with Crippen LogP contribution in [0.25, 0.3) is 0 Å². The van der Waals surface area contributed by atoms with Crippen LogP contribution in [0.15, 0.2) is 84.9 Å². The molecule has 164 valence electrons. The molecule has 4 aromatic rings. The fraction of sp³-hybridized carbons (Fsp3) is 0. The van der Waals surface area contributed by atoms with Gasteiger partial charge in [0.05, 0.1) is 11.1 Å². The van der Waals surface area contributed by atoms with E-state index in [0.717, 1.165) is 0 Å². The molecule has 0 heterocycles. The van der Waals surface area contributed by atoms with E-state index in [2.05, 4.69) is 0 Å². The summed E-state index contributed by atoms with van der Waals surface area (Å²) in [5.41, 5.74) is 12.7. The van der Waals surface area contributed by atoms with Crippen molar-refractivity contribution in [1.29, 1.82) is 0 Å². The number of anilines is 2. The highest BCUT2D eigenvalue weighted by atomic mass is 16.1. The van der Waals surface area contributed by atoms with Crippen LogP contribution in [0.4, 0.5) is 11.4 Å². The molecule has 1 aliphatic rings. The van der Waals surface area contributed by atoms with Crippen LogP contribution < -0.4 is 11.5 Å². The number of carbonyl (C=O) groups excluding carboxylic acids is 4. The Labute approximate surface area is 194 Å². The van der Waals surface area contributed by atoms with Gasteiger partial charge in [0.2, 0.25) is 0 Å². The number of hydrogen-bond donors (Lipinski definition) is 2. The average Bonchev–Trinajstić information content (AvgIpc) is 2.86. The van der Waals surface area contributed by atoms with Crippen molar-refractivity contribution in [3.05, 3.63) is 129 Å². The van der Waals surface area contributed by atoms with Crippen LogP contribution in [-0.2, 0) is 0 Å². The van der Waals surface area contributed by atoms with Crippen molar-refractivity contribution in [2.45, 2.75) is 0 Å². The minimum atomic E-state index is -0.593. The molecule has 1 aliphatic carbocycles. The average molecular weight is 446 g/mol. The Balaban J connectivity index is 1.85. The summed E-state index contributed by atoms with van der Waals surface area (Å²) < 4.78 is 0. The SMILES string of the molecule is Nc1cccc2c1C(=O)c1c(C(=O)c3ccccc3)cc(N)c(C(=O)c3ccccc3)c1C2=O. The largest absolute Gasteiger partial charge is 0.398 e. The molecule has 0 fully saturated rings. The molecule has 6 nitrogen and oxygen atoms in total. The van der Waals surface area contributed by atoms with E-state index in [9.17, 15) is 19.2 Å². The zero-order valence-electron chi connectivity index (χ0n) is 17.9. The first-order valence-corrected chi connectivity index (χ1v) is 10.5. The molecule has 0 atom stereocenters. The second-order valence-corrected chi connectivity index (χ2v) is 7.96. The minimum Gasteiger partial charge on any atom is -0.398 e. The zero-order valence-corrected chi connectivity index (χ0v) is 17.9. The molecule has 0 bridgehead atoms. The standard InChI is InChI=1S/C28H18N2O4/c29-19-13-7-12-17-21(19)28(34)22-18(25(31)15-8-3-1-4-9-15)14-20(30)23(24(22)27(17)33)26(32)16-10-5-2-6-11-16/h1-14H,29-30H2. The van der Waals surface area contributed by atoms with Gasteiger partial charge < -0.3 is 11.5 Å². The lowest BCUT2D eigenvalue weighted by Crippen LogP contribution is -2.29. The molecule has 4 N–H and O–H groups in total. The van der Waals surface area contributed by atoms with Crippen LogP contribution in [0.3, 0.4) is 0 Å². The topological polar surface area (TPSA) is 120 Å². The van der Waals surface area contributed by atoms with Crippen LogP contribution in [0.2, 0.25) is 0 Å². The maximum atomic E-state index is 13.7. The zero-order chi connectivity index (χ0) is 24.0. The molecule has 0 radical (unpaired) electrons. The van der Waals surface area contributed by atoms with Crippen LogP contribution in [0, 0.1) is 0 Å². The predicted molar refractivity (Wildman–Crippen MR) is 128 cm³/mol. The monoisotopic (exact) mass is 446 g/mol. The van der Waals surface area contributed by atoms with Gasteiger partial charge in [-0.3, -0.25) is 19.2 Å². The number of nitrogen functional groups attached to an aromatic ring is 2. The van der Waals surface area contributed by atoms with Gasteiger partial charge >= 0.3 is 0 Å². The highest BCUT2D eigenvalue weighted by molar-refractivity contribution is 6.36. The van der Waals surface area contributed by atoms with E-state index in [0.29, 0.717) is 11.1 Å². The molecule has 4 aromatic carbocycles. The quantitative estimate of drug-likeness (QED) is 0.317. The van der Waals surface area contributed by atoms with Gasteiger partial charge in [-0.05, 0) is 12.1 Å². The molecule has 5 rings (SSSR count). The van der Waals surface area contributed by atoms with Crippen LogP contribution in [0.5, 0.6) is 0 Å². The van der Waals surface area contributed by atoms with Gasteiger partial charge in [0.1, 0.15) is 0 Å². The van der Waals surface area contributed by atoms with Gasteiger partial charge in [-0.15, -0.1) is 0 Å². The summed E-state index contributed by atoms with van der Waals surface area (Å²) in [6.07, 6.45) is 0. The third-order valence-corrected chi connectivity index (χ3v) is 5.92. The van der Waals surface area contributed by atoms with Gasteiger partial charge in [0.15, 0.2) is 23.1 Å². The molecule has 6 heteroatoms. The van der Waals surface area contributed by atoms with Gasteiger partial charge in [-0.1, -0.05) is 72.8 Å². The van der Waals surface area contributed by atoms with Crippen LogP contribution >= 0.6 is 0 Å². The van der Waals surface area contributed by atoms with Crippen molar-refractivity contribution in [3.63, 3.8) is 0 Å². The van der Waals surface area contributed by atoms with Crippen molar-refractivity contribution in [1.82, 2.24) is 0 Å².